The Morgan fingerprint density at radius 3 is 2.88 bits per heavy atom. The highest BCUT2D eigenvalue weighted by Gasteiger charge is 2.24. The number of hydrogen-bond acceptors (Lipinski definition) is 4. The average molecular weight is 247 g/mol. The second kappa shape index (κ2) is 6.84. The SMILES string of the molecule is CCOCC(O)CN1CCSC(C)(C)CC1. The first-order valence-electron chi connectivity index (χ1n) is 6.15. The van der Waals surface area contributed by atoms with Gasteiger partial charge in [-0.3, -0.25) is 4.90 Å². The molecule has 0 radical (unpaired) electrons. The van der Waals surface area contributed by atoms with Crippen LogP contribution in [-0.4, -0.2) is 59.5 Å². The van der Waals surface area contributed by atoms with Gasteiger partial charge in [0.15, 0.2) is 0 Å². The van der Waals surface area contributed by atoms with Gasteiger partial charge in [0.1, 0.15) is 0 Å². The molecule has 1 unspecified atom stereocenters. The van der Waals surface area contributed by atoms with Crippen LogP contribution < -0.4 is 0 Å². The van der Waals surface area contributed by atoms with Crippen molar-refractivity contribution in [3.63, 3.8) is 0 Å². The summed E-state index contributed by atoms with van der Waals surface area (Å²) >= 11 is 2.04. The van der Waals surface area contributed by atoms with Crippen LogP contribution in [0.4, 0.5) is 0 Å². The van der Waals surface area contributed by atoms with Crippen LogP contribution in [0.3, 0.4) is 0 Å². The maximum absolute atomic E-state index is 9.78. The topological polar surface area (TPSA) is 32.7 Å². The molecule has 1 heterocycles. The van der Waals surface area contributed by atoms with Crippen LogP contribution in [0.1, 0.15) is 27.2 Å². The number of aliphatic hydroxyl groups excluding tert-OH is 1. The van der Waals surface area contributed by atoms with Crippen LogP contribution in [0.15, 0.2) is 0 Å². The first-order chi connectivity index (χ1) is 7.53. The van der Waals surface area contributed by atoms with Crippen molar-refractivity contribution in [2.24, 2.45) is 0 Å². The molecule has 0 aliphatic carbocycles. The van der Waals surface area contributed by atoms with Gasteiger partial charge in [-0.2, -0.15) is 11.8 Å². The molecule has 1 rings (SSSR count). The van der Waals surface area contributed by atoms with Gasteiger partial charge in [0.2, 0.25) is 0 Å². The van der Waals surface area contributed by atoms with E-state index in [-0.39, 0.29) is 6.10 Å². The van der Waals surface area contributed by atoms with Crippen molar-refractivity contribution in [3.8, 4) is 0 Å². The van der Waals surface area contributed by atoms with Gasteiger partial charge in [0, 0.05) is 30.2 Å². The van der Waals surface area contributed by atoms with E-state index in [9.17, 15) is 5.11 Å². The summed E-state index contributed by atoms with van der Waals surface area (Å²) in [6, 6.07) is 0. The Morgan fingerprint density at radius 2 is 2.19 bits per heavy atom. The van der Waals surface area contributed by atoms with Crippen LogP contribution in [-0.2, 0) is 4.74 Å². The summed E-state index contributed by atoms with van der Waals surface area (Å²) < 4.78 is 5.62. The summed E-state index contributed by atoms with van der Waals surface area (Å²) in [5, 5.41) is 9.78. The summed E-state index contributed by atoms with van der Waals surface area (Å²) in [5.41, 5.74) is 0. The molecule has 0 bridgehead atoms. The van der Waals surface area contributed by atoms with E-state index >= 15 is 0 Å². The largest absolute Gasteiger partial charge is 0.389 e. The summed E-state index contributed by atoms with van der Waals surface area (Å²) in [6.45, 7) is 10.6. The number of aliphatic hydroxyl groups is 1. The number of nitrogens with zero attached hydrogens (tertiary/aromatic N) is 1. The first kappa shape index (κ1) is 14.3. The first-order valence-corrected chi connectivity index (χ1v) is 7.14. The molecule has 0 aromatic rings. The van der Waals surface area contributed by atoms with E-state index < -0.39 is 0 Å². The van der Waals surface area contributed by atoms with E-state index in [1.54, 1.807) is 0 Å². The second-order valence-corrected chi connectivity index (χ2v) is 6.77. The molecule has 4 heteroatoms. The minimum Gasteiger partial charge on any atom is -0.389 e. The fraction of sp³-hybridized carbons (Fsp3) is 1.00. The van der Waals surface area contributed by atoms with Crippen molar-refractivity contribution in [3.05, 3.63) is 0 Å². The molecule has 0 spiro atoms. The highest BCUT2D eigenvalue weighted by Crippen LogP contribution is 2.30. The zero-order chi connectivity index (χ0) is 12.0. The summed E-state index contributed by atoms with van der Waals surface area (Å²) in [7, 11) is 0. The Kier molecular flexibility index (Phi) is 6.11. The fourth-order valence-electron chi connectivity index (χ4n) is 1.85. The summed E-state index contributed by atoms with van der Waals surface area (Å²) in [5.74, 6) is 1.16. The number of thioether (sulfide) groups is 1. The lowest BCUT2D eigenvalue weighted by Gasteiger charge is -2.24. The van der Waals surface area contributed by atoms with Crippen LogP contribution in [0.2, 0.25) is 0 Å². The molecule has 1 aliphatic rings. The monoisotopic (exact) mass is 247 g/mol. The third-order valence-electron chi connectivity index (χ3n) is 2.91. The van der Waals surface area contributed by atoms with Crippen molar-refractivity contribution in [2.45, 2.75) is 38.0 Å². The molecule has 0 aromatic carbocycles. The van der Waals surface area contributed by atoms with Gasteiger partial charge in [0.05, 0.1) is 12.7 Å². The molecule has 1 saturated heterocycles. The number of β-amino-alcohol motifs (C(OH)–C–C–N with tert-alkyl or cyclic N) is 1. The zero-order valence-corrected chi connectivity index (χ0v) is 11.6. The Labute approximate surface area is 104 Å². The Morgan fingerprint density at radius 1 is 1.44 bits per heavy atom. The van der Waals surface area contributed by atoms with Crippen LogP contribution in [0.5, 0.6) is 0 Å². The third-order valence-corrected chi connectivity index (χ3v) is 4.29. The highest BCUT2D eigenvalue weighted by atomic mass is 32.2. The molecular weight excluding hydrogens is 222 g/mol. The van der Waals surface area contributed by atoms with Crippen LogP contribution >= 0.6 is 11.8 Å². The smallest absolute Gasteiger partial charge is 0.0900 e. The van der Waals surface area contributed by atoms with Crippen molar-refractivity contribution >= 4 is 11.8 Å². The molecule has 0 amide bonds. The Balaban J connectivity index is 2.26. The molecule has 0 saturated carbocycles. The summed E-state index contributed by atoms with van der Waals surface area (Å²) in [4.78, 5) is 2.35. The average Bonchev–Trinajstić information content (AvgIpc) is 2.37. The molecule has 1 aliphatic heterocycles. The quantitative estimate of drug-likeness (QED) is 0.800. The van der Waals surface area contributed by atoms with Gasteiger partial charge >= 0.3 is 0 Å². The van der Waals surface area contributed by atoms with Gasteiger partial charge in [-0.15, -0.1) is 0 Å². The predicted molar refractivity (Wildman–Crippen MR) is 70.1 cm³/mol. The Bertz CT molecular complexity index is 199. The van der Waals surface area contributed by atoms with Crippen molar-refractivity contribution in [1.29, 1.82) is 0 Å². The predicted octanol–water partition coefficient (Wildman–Crippen LogP) is 1.60. The zero-order valence-electron chi connectivity index (χ0n) is 10.7. The van der Waals surface area contributed by atoms with Gasteiger partial charge in [0.25, 0.3) is 0 Å². The molecular formula is C12H25NO2S. The van der Waals surface area contributed by atoms with Gasteiger partial charge in [-0.25, -0.2) is 0 Å². The minimum atomic E-state index is -0.342. The van der Waals surface area contributed by atoms with Gasteiger partial charge < -0.3 is 9.84 Å². The number of ether oxygens (including phenoxy) is 1. The van der Waals surface area contributed by atoms with Crippen molar-refractivity contribution < 1.29 is 9.84 Å². The van der Waals surface area contributed by atoms with Crippen molar-refractivity contribution in [1.82, 2.24) is 4.90 Å². The molecule has 0 aromatic heterocycles. The van der Waals surface area contributed by atoms with E-state index in [0.29, 0.717) is 18.0 Å². The lowest BCUT2D eigenvalue weighted by Crippen LogP contribution is -2.36. The van der Waals surface area contributed by atoms with Crippen molar-refractivity contribution in [2.75, 3.05) is 38.6 Å². The van der Waals surface area contributed by atoms with Crippen LogP contribution in [0, 0.1) is 0 Å². The fourth-order valence-corrected chi connectivity index (χ4v) is 2.99. The van der Waals surface area contributed by atoms with E-state index in [1.807, 2.05) is 18.7 Å². The van der Waals surface area contributed by atoms with Gasteiger partial charge in [-0.1, -0.05) is 13.8 Å². The number of rotatable bonds is 5. The normalized spacial score (nSPS) is 24.0. The lowest BCUT2D eigenvalue weighted by molar-refractivity contribution is 0.0221. The standard InChI is InChI=1S/C12H25NO2S/c1-4-15-10-11(14)9-13-6-5-12(2,3)16-8-7-13/h11,14H,4-10H2,1-3H3. The molecule has 1 atom stereocenters. The van der Waals surface area contributed by atoms with E-state index in [0.717, 1.165) is 25.4 Å². The van der Waals surface area contributed by atoms with Gasteiger partial charge in [-0.05, 0) is 19.9 Å². The molecule has 1 fully saturated rings. The van der Waals surface area contributed by atoms with E-state index in [4.69, 9.17) is 4.74 Å². The molecule has 96 valence electrons. The Hall–Kier alpha value is 0.230. The molecule has 3 nitrogen and oxygen atoms in total. The number of hydrogen-bond donors (Lipinski definition) is 1. The second-order valence-electron chi connectivity index (χ2n) is 4.97. The van der Waals surface area contributed by atoms with Crippen LogP contribution in [0.25, 0.3) is 0 Å². The summed E-state index contributed by atoms with van der Waals surface area (Å²) in [6.07, 6.45) is 0.852. The lowest BCUT2D eigenvalue weighted by atomic mass is 10.1. The third kappa shape index (κ3) is 5.53. The molecule has 16 heavy (non-hydrogen) atoms. The maximum Gasteiger partial charge on any atom is 0.0900 e. The highest BCUT2D eigenvalue weighted by molar-refractivity contribution is 8.00. The minimum absolute atomic E-state index is 0.342. The van der Waals surface area contributed by atoms with E-state index in [2.05, 4.69) is 18.7 Å². The maximum atomic E-state index is 9.78. The van der Waals surface area contributed by atoms with E-state index in [1.165, 1.54) is 6.42 Å². The molecule has 1 N–H and O–H groups in total.